The number of amides is 1. The van der Waals surface area contributed by atoms with Crippen molar-refractivity contribution in [2.75, 3.05) is 20.1 Å². The minimum Gasteiger partial charge on any atom is -0.455 e. The molecule has 0 aliphatic carbocycles. The molecular weight excluding hydrogens is 290 g/mol. The molecule has 3 fully saturated rings. The van der Waals surface area contributed by atoms with Crippen LogP contribution in [0.15, 0.2) is 16.5 Å². The van der Waals surface area contributed by atoms with Gasteiger partial charge in [-0.2, -0.15) is 0 Å². The van der Waals surface area contributed by atoms with E-state index in [2.05, 4.69) is 22.2 Å². The first kappa shape index (κ1) is 15.2. The van der Waals surface area contributed by atoms with Crippen molar-refractivity contribution in [2.45, 2.75) is 63.2 Å². The van der Waals surface area contributed by atoms with Crippen LogP contribution in [0, 0.1) is 0 Å². The van der Waals surface area contributed by atoms with Crippen molar-refractivity contribution in [1.82, 2.24) is 15.1 Å². The number of fused-ring (bicyclic) bond motifs is 2. The minimum absolute atomic E-state index is 0.0494. The molecule has 4 rings (SSSR count). The Labute approximate surface area is 138 Å². The Morgan fingerprint density at radius 3 is 2.61 bits per heavy atom. The average molecular weight is 317 g/mol. The highest BCUT2D eigenvalue weighted by molar-refractivity contribution is 5.91. The smallest absolute Gasteiger partial charge is 0.287 e. The Balaban J connectivity index is 1.33. The summed E-state index contributed by atoms with van der Waals surface area (Å²) < 4.78 is 5.78. The van der Waals surface area contributed by atoms with E-state index in [1.165, 1.54) is 25.7 Å². The molecule has 4 heterocycles. The van der Waals surface area contributed by atoms with Crippen LogP contribution in [0.2, 0.25) is 0 Å². The highest BCUT2D eigenvalue weighted by atomic mass is 16.4. The molecule has 3 saturated heterocycles. The lowest BCUT2D eigenvalue weighted by atomic mass is 9.98. The number of carbonyl (C=O) groups excluding carboxylic acids is 1. The van der Waals surface area contributed by atoms with Gasteiger partial charge in [0.25, 0.3) is 5.91 Å². The molecule has 2 unspecified atom stereocenters. The quantitative estimate of drug-likeness (QED) is 0.925. The van der Waals surface area contributed by atoms with Crippen molar-refractivity contribution in [3.05, 3.63) is 23.7 Å². The summed E-state index contributed by atoms with van der Waals surface area (Å²) in [6, 6.07) is 5.35. The normalized spacial score (nSPS) is 31.6. The van der Waals surface area contributed by atoms with Crippen molar-refractivity contribution in [2.24, 2.45) is 0 Å². The summed E-state index contributed by atoms with van der Waals surface area (Å²) in [6.45, 7) is 3.10. The number of likely N-dealkylation sites (tertiary alicyclic amines) is 1. The number of rotatable bonds is 4. The van der Waals surface area contributed by atoms with E-state index >= 15 is 0 Å². The van der Waals surface area contributed by atoms with Crippen molar-refractivity contribution < 1.29 is 9.21 Å². The van der Waals surface area contributed by atoms with Gasteiger partial charge in [-0.05, 0) is 70.8 Å². The van der Waals surface area contributed by atoms with Gasteiger partial charge in [-0.15, -0.1) is 0 Å². The SMILES string of the molecule is CN1C2CCC1CC(NC(=O)c1ccc(CN3CCCC3)o1)C2. The van der Waals surface area contributed by atoms with Crippen molar-refractivity contribution in [1.29, 1.82) is 0 Å². The Hall–Kier alpha value is -1.33. The number of carbonyl (C=O) groups is 1. The fourth-order valence-corrected chi connectivity index (χ4v) is 4.53. The van der Waals surface area contributed by atoms with E-state index in [-0.39, 0.29) is 5.91 Å². The lowest BCUT2D eigenvalue weighted by molar-refractivity contribution is 0.0852. The Morgan fingerprint density at radius 1 is 1.22 bits per heavy atom. The van der Waals surface area contributed by atoms with Crippen molar-refractivity contribution in [3.63, 3.8) is 0 Å². The highest BCUT2D eigenvalue weighted by Gasteiger charge is 2.39. The number of furan rings is 1. The number of nitrogens with one attached hydrogen (secondary N) is 1. The van der Waals surface area contributed by atoms with E-state index in [9.17, 15) is 4.79 Å². The molecule has 3 aliphatic rings. The van der Waals surface area contributed by atoms with E-state index in [1.807, 2.05) is 12.1 Å². The molecule has 1 aromatic heterocycles. The third kappa shape index (κ3) is 3.17. The highest BCUT2D eigenvalue weighted by Crippen LogP contribution is 2.34. The monoisotopic (exact) mass is 317 g/mol. The number of piperidine rings is 1. The van der Waals surface area contributed by atoms with Gasteiger partial charge >= 0.3 is 0 Å². The van der Waals surface area contributed by atoms with Gasteiger partial charge in [-0.25, -0.2) is 0 Å². The molecule has 0 spiro atoms. The largest absolute Gasteiger partial charge is 0.455 e. The summed E-state index contributed by atoms with van der Waals surface area (Å²) in [5.41, 5.74) is 0. The molecule has 2 bridgehead atoms. The van der Waals surface area contributed by atoms with E-state index in [0.29, 0.717) is 23.9 Å². The lowest BCUT2D eigenvalue weighted by Crippen LogP contribution is -2.48. The fourth-order valence-electron chi connectivity index (χ4n) is 4.53. The standard InChI is InChI=1S/C18H27N3O2/c1-20-14-4-5-15(20)11-13(10-14)19-18(22)17-7-6-16(23-17)12-21-8-2-3-9-21/h6-7,13-15H,2-5,8-12H2,1H3,(H,19,22). The number of nitrogens with zero attached hydrogens (tertiary/aromatic N) is 2. The molecule has 0 saturated carbocycles. The van der Waals surface area contributed by atoms with E-state index < -0.39 is 0 Å². The van der Waals surface area contributed by atoms with Gasteiger partial charge in [0, 0.05) is 18.1 Å². The van der Waals surface area contributed by atoms with E-state index in [4.69, 9.17) is 4.42 Å². The second-order valence-electron chi connectivity index (χ2n) is 7.44. The topological polar surface area (TPSA) is 48.7 Å². The van der Waals surface area contributed by atoms with Gasteiger partial charge in [0.15, 0.2) is 5.76 Å². The first-order valence-corrected chi connectivity index (χ1v) is 9.03. The van der Waals surface area contributed by atoms with E-state index in [0.717, 1.165) is 38.2 Å². The molecule has 1 aromatic rings. The molecule has 5 nitrogen and oxygen atoms in total. The van der Waals surface area contributed by atoms with Gasteiger partial charge in [-0.1, -0.05) is 0 Å². The average Bonchev–Trinajstić information content (AvgIpc) is 3.23. The second-order valence-corrected chi connectivity index (χ2v) is 7.44. The predicted molar refractivity (Wildman–Crippen MR) is 88.3 cm³/mol. The van der Waals surface area contributed by atoms with Crippen LogP contribution in [-0.4, -0.2) is 54.0 Å². The maximum atomic E-state index is 12.4. The summed E-state index contributed by atoms with van der Waals surface area (Å²) in [5.74, 6) is 1.32. The van der Waals surface area contributed by atoms with Crippen molar-refractivity contribution in [3.8, 4) is 0 Å². The molecule has 23 heavy (non-hydrogen) atoms. The zero-order chi connectivity index (χ0) is 15.8. The summed E-state index contributed by atoms with van der Waals surface area (Å²) in [7, 11) is 2.22. The van der Waals surface area contributed by atoms with Crippen LogP contribution in [0.4, 0.5) is 0 Å². The molecule has 0 radical (unpaired) electrons. The number of hydrogen-bond acceptors (Lipinski definition) is 4. The van der Waals surface area contributed by atoms with Gasteiger partial charge < -0.3 is 14.6 Å². The Bertz CT molecular complexity index is 550. The first-order valence-electron chi connectivity index (χ1n) is 9.03. The van der Waals surface area contributed by atoms with Crippen LogP contribution < -0.4 is 5.32 Å². The first-order chi connectivity index (χ1) is 11.2. The maximum absolute atomic E-state index is 12.4. The van der Waals surface area contributed by atoms with Crippen LogP contribution in [0.1, 0.15) is 54.8 Å². The van der Waals surface area contributed by atoms with Crippen LogP contribution in [0.25, 0.3) is 0 Å². The molecule has 1 amide bonds. The Kier molecular flexibility index (Phi) is 4.16. The molecule has 2 atom stereocenters. The molecular formula is C18H27N3O2. The third-order valence-corrected chi connectivity index (χ3v) is 5.90. The molecule has 126 valence electrons. The van der Waals surface area contributed by atoms with Crippen LogP contribution >= 0.6 is 0 Å². The van der Waals surface area contributed by atoms with Gasteiger partial charge in [-0.3, -0.25) is 9.69 Å². The van der Waals surface area contributed by atoms with Gasteiger partial charge in [0.1, 0.15) is 5.76 Å². The van der Waals surface area contributed by atoms with E-state index in [1.54, 1.807) is 0 Å². The summed E-state index contributed by atoms with van der Waals surface area (Å²) in [4.78, 5) is 17.3. The van der Waals surface area contributed by atoms with Crippen molar-refractivity contribution >= 4 is 5.91 Å². The Morgan fingerprint density at radius 2 is 1.91 bits per heavy atom. The molecule has 0 aromatic carbocycles. The van der Waals surface area contributed by atoms with Crippen LogP contribution in [-0.2, 0) is 6.54 Å². The lowest BCUT2D eigenvalue weighted by Gasteiger charge is -2.36. The van der Waals surface area contributed by atoms with Crippen LogP contribution in [0.3, 0.4) is 0 Å². The third-order valence-electron chi connectivity index (χ3n) is 5.90. The minimum atomic E-state index is -0.0494. The second kappa shape index (κ2) is 6.29. The van der Waals surface area contributed by atoms with Crippen LogP contribution in [0.5, 0.6) is 0 Å². The zero-order valence-electron chi connectivity index (χ0n) is 14.0. The van der Waals surface area contributed by atoms with Gasteiger partial charge in [0.05, 0.1) is 6.54 Å². The van der Waals surface area contributed by atoms with Gasteiger partial charge in [0.2, 0.25) is 0 Å². The maximum Gasteiger partial charge on any atom is 0.287 e. The molecule has 1 N–H and O–H groups in total. The zero-order valence-corrected chi connectivity index (χ0v) is 14.0. The predicted octanol–water partition coefficient (Wildman–Crippen LogP) is 2.23. The molecule has 3 aliphatic heterocycles. The summed E-state index contributed by atoms with van der Waals surface area (Å²) >= 11 is 0. The number of hydrogen-bond donors (Lipinski definition) is 1. The summed E-state index contributed by atoms with van der Waals surface area (Å²) in [6.07, 6.45) is 7.22. The summed E-state index contributed by atoms with van der Waals surface area (Å²) in [5, 5.41) is 3.19. The molecule has 5 heteroatoms. The fraction of sp³-hybridized carbons (Fsp3) is 0.722.